The van der Waals surface area contributed by atoms with Gasteiger partial charge < -0.3 is 15.8 Å². The van der Waals surface area contributed by atoms with Gasteiger partial charge in [-0.2, -0.15) is 9.83 Å². The van der Waals surface area contributed by atoms with Crippen molar-refractivity contribution in [3.05, 3.63) is 71.0 Å². The second-order valence-electron chi connectivity index (χ2n) is 9.00. The lowest BCUT2D eigenvalue weighted by Crippen LogP contribution is -2.48. The molecule has 1 fully saturated rings. The van der Waals surface area contributed by atoms with Gasteiger partial charge in [0.15, 0.2) is 11.9 Å². The second-order valence-corrected chi connectivity index (χ2v) is 9.00. The van der Waals surface area contributed by atoms with Crippen molar-refractivity contribution in [2.24, 2.45) is 13.0 Å². The molecule has 3 aromatic rings. The first-order chi connectivity index (χ1) is 16.6. The van der Waals surface area contributed by atoms with Gasteiger partial charge in [-0.05, 0) is 48.6 Å². The number of alkyl halides is 2. The number of rotatable bonds is 6. The lowest BCUT2D eigenvalue weighted by Gasteiger charge is -2.24. The molecule has 2 heterocycles. The van der Waals surface area contributed by atoms with Crippen LogP contribution in [0.5, 0.6) is 0 Å². The average Bonchev–Trinajstić information content (AvgIpc) is 3.40. The Morgan fingerprint density at radius 2 is 1.91 bits per heavy atom. The summed E-state index contributed by atoms with van der Waals surface area (Å²) in [7, 11) is 1.58. The molecule has 184 valence electrons. The molecule has 10 heteroatoms. The highest BCUT2D eigenvalue weighted by Gasteiger charge is 2.45. The first-order valence-corrected chi connectivity index (χ1v) is 11.3. The molecule has 35 heavy (non-hydrogen) atoms. The van der Waals surface area contributed by atoms with Crippen LogP contribution in [0.4, 0.5) is 14.5 Å². The maximum absolute atomic E-state index is 13.9. The van der Waals surface area contributed by atoms with E-state index in [0.29, 0.717) is 11.4 Å². The van der Waals surface area contributed by atoms with Crippen molar-refractivity contribution in [3.8, 4) is 11.1 Å². The quantitative estimate of drug-likeness (QED) is 0.414. The molecule has 0 spiro atoms. The molecule has 0 bridgehead atoms. The number of nitrogens with zero attached hydrogens (tertiary/aromatic N) is 3. The zero-order chi connectivity index (χ0) is 25.3. The maximum Gasteiger partial charge on any atom is 0.270 e. The Balaban J connectivity index is 1.54. The third-order valence-corrected chi connectivity index (χ3v) is 6.52. The SMILES string of the molecule is Cc1cc[n+]([O-])c(C)c1-c1ccc(NC(=O)[C@@H](NC(=O)c2ccnn2C)C2CCC(F)(F)C2)cc1. The summed E-state index contributed by atoms with van der Waals surface area (Å²) in [5.74, 6) is -4.70. The number of anilines is 1. The third-order valence-electron chi connectivity index (χ3n) is 6.52. The van der Waals surface area contributed by atoms with Gasteiger partial charge in [0, 0.05) is 44.8 Å². The van der Waals surface area contributed by atoms with Crippen molar-refractivity contribution in [1.82, 2.24) is 15.1 Å². The number of aromatic nitrogens is 3. The largest absolute Gasteiger partial charge is 0.618 e. The Hall–Kier alpha value is -3.82. The third kappa shape index (κ3) is 5.16. The molecular formula is C25H27F2N5O3. The molecule has 1 aliphatic carbocycles. The summed E-state index contributed by atoms with van der Waals surface area (Å²) in [6.07, 6.45) is 2.22. The van der Waals surface area contributed by atoms with Crippen LogP contribution < -0.4 is 15.4 Å². The van der Waals surface area contributed by atoms with E-state index in [1.165, 1.54) is 23.1 Å². The van der Waals surface area contributed by atoms with Gasteiger partial charge in [-0.3, -0.25) is 14.3 Å². The first-order valence-electron chi connectivity index (χ1n) is 11.3. The number of amides is 2. The fraction of sp³-hybridized carbons (Fsp3) is 0.360. The number of benzene rings is 1. The standard InChI is InChI=1S/C25H27F2N5O3/c1-15-10-13-32(35)16(2)21(15)17-4-6-19(7-5-17)29-24(34)22(18-8-11-25(26,27)14-18)30-23(33)20-9-12-28-31(20)3/h4-7,9-10,12-13,18,22H,8,11,14H2,1-3H3,(H,29,34)(H,30,33)/t18?,22-/m0/s1. The van der Waals surface area contributed by atoms with E-state index in [0.717, 1.165) is 21.4 Å². The highest BCUT2D eigenvalue weighted by atomic mass is 19.3. The van der Waals surface area contributed by atoms with Crippen LogP contribution in [0.25, 0.3) is 11.1 Å². The van der Waals surface area contributed by atoms with E-state index in [1.807, 2.05) is 6.92 Å². The van der Waals surface area contributed by atoms with Gasteiger partial charge in [-0.15, -0.1) is 0 Å². The molecule has 2 atom stereocenters. The maximum atomic E-state index is 13.9. The molecule has 2 N–H and O–H groups in total. The molecule has 1 saturated carbocycles. The molecule has 1 unspecified atom stereocenters. The summed E-state index contributed by atoms with van der Waals surface area (Å²) in [5.41, 5.74) is 3.77. The number of pyridine rings is 1. The van der Waals surface area contributed by atoms with Crippen molar-refractivity contribution in [1.29, 1.82) is 0 Å². The predicted molar refractivity (Wildman–Crippen MR) is 126 cm³/mol. The van der Waals surface area contributed by atoms with Crippen molar-refractivity contribution >= 4 is 17.5 Å². The number of hydrogen-bond donors (Lipinski definition) is 2. The van der Waals surface area contributed by atoms with Crippen molar-refractivity contribution < 1.29 is 23.1 Å². The summed E-state index contributed by atoms with van der Waals surface area (Å²) in [4.78, 5) is 25.9. The van der Waals surface area contributed by atoms with Crippen LogP contribution >= 0.6 is 0 Å². The molecule has 4 rings (SSSR count). The van der Waals surface area contributed by atoms with Gasteiger partial charge >= 0.3 is 0 Å². The van der Waals surface area contributed by atoms with E-state index in [-0.39, 0.29) is 18.5 Å². The Morgan fingerprint density at radius 1 is 1.20 bits per heavy atom. The number of nitrogens with one attached hydrogen (secondary N) is 2. The molecule has 0 aliphatic heterocycles. The summed E-state index contributed by atoms with van der Waals surface area (Å²) in [6, 6.07) is 9.00. The van der Waals surface area contributed by atoms with Crippen LogP contribution in [-0.4, -0.2) is 33.6 Å². The number of carbonyl (C=O) groups excluding carboxylic acids is 2. The van der Waals surface area contributed by atoms with Gasteiger partial charge in [0.2, 0.25) is 11.8 Å². The van der Waals surface area contributed by atoms with Gasteiger partial charge in [-0.1, -0.05) is 12.1 Å². The Morgan fingerprint density at radius 3 is 2.51 bits per heavy atom. The summed E-state index contributed by atoms with van der Waals surface area (Å²) < 4.78 is 30.0. The minimum atomic E-state index is -2.87. The van der Waals surface area contributed by atoms with Crippen LogP contribution in [0.1, 0.15) is 41.0 Å². The molecule has 8 nitrogen and oxygen atoms in total. The van der Waals surface area contributed by atoms with E-state index in [4.69, 9.17) is 0 Å². The van der Waals surface area contributed by atoms with Crippen LogP contribution in [0.3, 0.4) is 0 Å². The van der Waals surface area contributed by atoms with Gasteiger partial charge in [0.05, 0.1) is 5.56 Å². The second kappa shape index (κ2) is 9.44. The number of halogens is 2. The molecule has 2 amide bonds. The Kier molecular flexibility index (Phi) is 6.56. The van der Waals surface area contributed by atoms with E-state index < -0.39 is 36.1 Å². The Labute approximate surface area is 201 Å². The molecule has 1 aliphatic rings. The van der Waals surface area contributed by atoms with Crippen molar-refractivity contribution in [2.45, 2.75) is 45.1 Å². The zero-order valence-electron chi connectivity index (χ0n) is 19.7. The normalized spacial score (nSPS) is 17.7. The molecule has 0 saturated heterocycles. The smallest absolute Gasteiger partial charge is 0.270 e. The minimum absolute atomic E-state index is 0.122. The highest BCUT2D eigenvalue weighted by Crippen LogP contribution is 2.40. The highest BCUT2D eigenvalue weighted by molar-refractivity contribution is 6.00. The summed E-state index contributed by atoms with van der Waals surface area (Å²) >= 11 is 0. The summed E-state index contributed by atoms with van der Waals surface area (Å²) in [6.45, 7) is 3.64. The number of aryl methyl sites for hydroxylation is 2. The fourth-order valence-electron chi connectivity index (χ4n) is 4.63. The minimum Gasteiger partial charge on any atom is -0.618 e. The Bertz CT molecular complexity index is 1260. The molecule has 1 aromatic carbocycles. The molecule has 2 aromatic heterocycles. The van der Waals surface area contributed by atoms with Crippen LogP contribution in [-0.2, 0) is 11.8 Å². The van der Waals surface area contributed by atoms with Crippen LogP contribution in [0.15, 0.2) is 48.8 Å². The lowest BCUT2D eigenvalue weighted by molar-refractivity contribution is -0.611. The van der Waals surface area contributed by atoms with Crippen molar-refractivity contribution in [3.63, 3.8) is 0 Å². The van der Waals surface area contributed by atoms with E-state index in [9.17, 15) is 23.6 Å². The average molecular weight is 484 g/mol. The van der Waals surface area contributed by atoms with E-state index in [1.54, 1.807) is 44.3 Å². The van der Waals surface area contributed by atoms with E-state index in [2.05, 4.69) is 15.7 Å². The number of hydrogen-bond acceptors (Lipinski definition) is 4. The first kappa shape index (κ1) is 24.3. The van der Waals surface area contributed by atoms with Crippen LogP contribution in [0, 0.1) is 25.0 Å². The zero-order valence-corrected chi connectivity index (χ0v) is 19.7. The number of carbonyl (C=O) groups is 2. The monoisotopic (exact) mass is 483 g/mol. The predicted octanol–water partition coefficient (Wildman–Crippen LogP) is 3.51. The summed E-state index contributed by atoms with van der Waals surface area (Å²) in [5, 5.41) is 21.3. The van der Waals surface area contributed by atoms with Gasteiger partial charge in [0.1, 0.15) is 11.7 Å². The van der Waals surface area contributed by atoms with Crippen molar-refractivity contribution in [2.75, 3.05) is 5.32 Å². The fourth-order valence-corrected chi connectivity index (χ4v) is 4.63. The van der Waals surface area contributed by atoms with Crippen LogP contribution in [0.2, 0.25) is 0 Å². The molecule has 0 radical (unpaired) electrons. The lowest BCUT2D eigenvalue weighted by atomic mass is 9.96. The van der Waals surface area contributed by atoms with Gasteiger partial charge in [0.25, 0.3) is 5.91 Å². The topological polar surface area (TPSA) is 103 Å². The van der Waals surface area contributed by atoms with Gasteiger partial charge in [-0.25, -0.2) is 8.78 Å². The molecular weight excluding hydrogens is 456 g/mol. The van der Waals surface area contributed by atoms with E-state index >= 15 is 0 Å².